The SMILES string of the molecule is CCn1c(C)c(-c2ccc(Cl)cc2Cl)c(=O)c(C(=O)O)c1-c1cnc(Cl)c(Cl)c1. The van der Waals surface area contributed by atoms with Crippen LogP contribution in [0.4, 0.5) is 0 Å². The number of carboxylic acids is 1. The van der Waals surface area contributed by atoms with Crippen LogP contribution in [0, 0.1) is 6.92 Å². The van der Waals surface area contributed by atoms with Gasteiger partial charge in [-0.15, -0.1) is 0 Å². The van der Waals surface area contributed by atoms with Gasteiger partial charge in [-0.1, -0.05) is 52.5 Å². The molecule has 1 aromatic carbocycles. The van der Waals surface area contributed by atoms with Crippen molar-refractivity contribution in [3.8, 4) is 22.4 Å². The maximum atomic E-state index is 13.3. The van der Waals surface area contributed by atoms with Gasteiger partial charge < -0.3 is 9.67 Å². The van der Waals surface area contributed by atoms with E-state index in [0.29, 0.717) is 28.4 Å². The summed E-state index contributed by atoms with van der Waals surface area (Å²) >= 11 is 24.2. The average molecular weight is 472 g/mol. The highest BCUT2D eigenvalue weighted by Gasteiger charge is 2.26. The first-order chi connectivity index (χ1) is 13.7. The smallest absolute Gasteiger partial charge is 0.341 e. The molecule has 0 aliphatic carbocycles. The third-order valence-electron chi connectivity index (χ3n) is 4.53. The Balaban J connectivity index is 2.47. The lowest BCUT2D eigenvalue weighted by molar-refractivity contribution is 0.0695. The number of hydrogen-bond donors (Lipinski definition) is 1. The van der Waals surface area contributed by atoms with E-state index < -0.39 is 17.0 Å². The first-order valence-corrected chi connectivity index (χ1v) is 9.96. The topological polar surface area (TPSA) is 72.2 Å². The molecule has 0 unspecified atom stereocenters. The summed E-state index contributed by atoms with van der Waals surface area (Å²) in [5.74, 6) is -1.37. The molecule has 3 aromatic rings. The number of carbonyl (C=O) groups is 1. The third-order valence-corrected chi connectivity index (χ3v) is 5.76. The number of rotatable bonds is 4. The molecule has 5 nitrogen and oxygen atoms in total. The molecule has 0 radical (unpaired) electrons. The first kappa shape index (κ1) is 21.7. The molecule has 0 saturated heterocycles. The van der Waals surface area contributed by atoms with E-state index in [1.165, 1.54) is 18.3 Å². The van der Waals surface area contributed by atoms with Gasteiger partial charge in [0.2, 0.25) is 5.43 Å². The zero-order valence-corrected chi connectivity index (χ0v) is 18.3. The Morgan fingerprint density at radius 1 is 1.14 bits per heavy atom. The second-order valence-electron chi connectivity index (χ2n) is 6.18. The number of nitrogens with zero attached hydrogens (tertiary/aromatic N) is 2. The molecule has 29 heavy (non-hydrogen) atoms. The summed E-state index contributed by atoms with van der Waals surface area (Å²) in [6, 6.07) is 6.18. The molecule has 9 heteroatoms. The number of pyridine rings is 2. The van der Waals surface area contributed by atoms with Crippen molar-refractivity contribution < 1.29 is 9.90 Å². The molecule has 0 bridgehead atoms. The van der Waals surface area contributed by atoms with Crippen LogP contribution < -0.4 is 5.43 Å². The van der Waals surface area contributed by atoms with Crippen molar-refractivity contribution in [1.29, 1.82) is 0 Å². The van der Waals surface area contributed by atoms with Crippen LogP contribution in [0.1, 0.15) is 23.0 Å². The number of carboxylic acid groups (broad SMARTS) is 1. The average Bonchev–Trinajstić information content (AvgIpc) is 2.65. The molecule has 0 atom stereocenters. The van der Waals surface area contributed by atoms with Crippen molar-refractivity contribution >= 4 is 52.4 Å². The summed E-state index contributed by atoms with van der Waals surface area (Å²) < 4.78 is 1.71. The molecule has 0 amide bonds. The lowest BCUT2D eigenvalue weighted by atomic mass is 9.96. The normalized spacial score (nSPS) is 11.0. The summed E-state index contributed by atoms with van der Waals surface area (Å²) in [6.45, 7) is 3.95. The Bertz CT molecular complexity index is 1210. The van der Waals surface area contributed by atoms with Crippen LogP contribution >= 0.6 is 46.4 Å². The summed E-state index contributed by atoms with van der Waals surface area (Å²) in [5, 5.41) is 10.8. The standard InChI is InChI=1S/C20H14Cl4N2O3/c1-3-26-9(2)15(12-5-4-11(21)7-13(12)22)18(27)16(20(28)29)17(26)10-6-14(23)19(24)25-8-10/h4-8H,3H2,1-2H3,(H,28,29). The number of hydrogen-bond acceptors (Lipinski definition) is 3. The summed E-state index contributed by atoms with van der Waals surface area (Å²) in [6.07, 6.45) is 1.38. The van der Waals surface area contributed by atoms with Crippen LogP contribution in [0.3, 0.4) is 0 Å². The van der Waals surface area contributed by atoms with Crippen molar-refractivity contribution in [3.05, 3.63) is 72.2 Å². The van der Waals surface area contributed by atoms with Crippen molar-refractivity contribution in [2.75, 3.05) is 0 Å². The van der Waals surface area contributed by atoms with Gasteiger partial charge in [0.15, 0.2) is 0 Å². The third kappa shape index (κ3) is 3.88. The van der Waals surface area contributed by atoms with E-state index in [1.54, 1.807) is 23.6 Å². The van der Waals surface area contributed by atoms with Crippen LogP contribution in [0.25, 0.3) is 22.4 Å². The quantitative estimate of drug-likeness (QED) is 0.458. The molecule has 3 rings (SSSR count). The van der Waals surface area contributed by atoms with Gasteiger partial charge in [0.1, 0.15) is 10.7 Å². The molecule has 0 fully saturated rings. The molecule has 1 N–H and O–H groups in total. The number of aromatic carboxylic acids is 1. The molecule has 0 aliphatic rings. The van der Waals surface area contributed by atoms with Gasteiger partial charge in [-0.2, -0.15) is 0 Å². The Labute approximate surface area is 186 Å². The van der Waals surface area contributed by atoms with E-state index in [4.69, 9.17) is 46.4 Å². The molecule has 0 spiro atoms. The van der Waals surface area contributed by atoms with Gasteiger partial charge in [-0.25, -0.2) is 9.78 Å². The van der Waals surface area contributed by atoms with Crippen LogP contribution in [0.15, 0.2) is 35.3 Å². The molecular formula is C20H14Cl4N2O3. The zero-order chi connectivity index (χ0) is 21.5. The van der Waals surface area contributed by atoms with Crippen molar-refractivity contribution in [3.63, 3.8) is 0 Å². The molecule has 2 heterocycles. The highest BCUT2D eigenvalue weighted by atomic mass is 35.5. The lowest BCUT2D eigenvalue weighted by Crippen LogP contribution is -2.25. The van der Waals surface area contributed by atoms with Gasteiger partial charge >= 0.3 is 5.97 Å². The van der Waals surface area contributed by atoms with Crippen LogP contribution in [-0.4, -0.2) is 20.6 Å². The van der Waals surface area contributed by atoms with Gasteiger partial charge in [0, 0.05) is 34.6 Å². The largest absolute Gasteiger partial charge is 0.477 e. The Kier molecular flexibility index (Phi) is 6.24. The highest BCUT2D eigenvalue weighted by Crippen LogP contribution is 2.35. The Morgan fingerprint density at radius 3 is 2.38 bits per heavy atom. The molecular weight excluding hydrogens is 458 g/mol. The number of benzene rings is 1. The summed E-state index contributed by atoms with van der Waals surface area (Å²) in [4.78, 5) is 29.4. The lowest BCUT2D eigenvalue weighted by Gasteiger charge is -2.21. The van der Waals surface area contributed by atoms with Crippen molar-refractivity contribution in [2.24, 2.45) is 0 Å². The molecule has 0 saturated carbocycles. The fraction of sp³-hybridized carbons (Fsp3) is 0.150. The van der Waals surface area contributed by atoms with Crippen molar-refractivity contribution in [1.82, 2.24) is 9.55 Å². The second-order valence-corrected chi connectivity index (χ2v) is 7.79. The minimum absolute atomic E-state index is 0.0824. The minimum atomic E-state index is -1.37. The highest BCUT2D eigenvalue weighted by molar-refractivity contribution is 6.41. The van der Waals surface area contributed by atoms with E-state index in [1.807, 2.05) is 6.92 Å². The summed E-state index contributed by atoms with van der Waals surface area (Å²) in [7, 11) is 0. The fourth-order valence-electron chi connectivity index (χ4n) is 3.29. The van der Waals surface area contributed by atoms with Crippen LogP contribution in [0.5, 0.6) is 0 Å². The fourth-order valence-corrected chi connectivity index (χ4v) is 4.06. The van der Waals surface area contributed by atoms with Crippen LogP contribution in [0.2, 0.25) is 20.2 Å². The maximum absolute atomic E-state index is 13.3. The van der Waals surface area contributed by atoms with E-state index in [0.717, 1.165) is 0 Å². The first-order valence-electron chi connectivity index (χ1n) is 8.44. The van der Waals surface area contributed by atoms with Gasteiger partial charge in [-0.3, -0.25) is 4.79 Å². The Morgan fingerprint density at radius 2 is 1.83 bits per heavy atom. The van der Waals surface area contributed by atoms with E-state index in [2.05, 4.69) is 4.98 Å². The van der Waals surface area contributed by atoms with E-state index in [9.17, 15) is 14.7 Å². The Hall–Kier alpha value is -2.05. The van der Waals surface area contributed by atoms with Crippen molar-refractivity contribution in [2.45, 2.75) is 20.4 Å². The number of halogens is 4. The second kappa shape index (κ2) is 8.36. The summed E-state index contributed by atoms with van der Waals surface area (Å²) in [5.41, 5.74) is 0.649. The molecule has 2 aromatic heterocycles. The van der Waals surface area contributed by atoms with Crippen LogP contribution in [-0.2, 0) is 6.54 Å². The van der Waals surface area contributed by atoms with Gasteiger partial charge in [-0.05, 0) is 32.0 Å². The predicted molar refractivity (Wildman–Crippen MR) is 117 cm³/mol. The zero-order valence-electron chi connectivity index (χ0n) is 15.3. The van der Waals surface area contributed by atoms with E-state index in [-0.39, 0.29) is 26.5 Å². The van der Waals surface area contributed by atoms with Gasteiger partial charge in [0.25, 0.3) is 0 Å². The monoisotopic (exact) mass is 470 g/mol. The molecule has 150 valence electrons. The number of aromatic nitrogens is 2. The molecule has 0 aliphatic heterocycles. The maximum Gasteiger partial charge on any atom is 0.341 e. The predicted octanol–water partition coefficient (Wildman–Crippen LogP) is 6.22. The van der Waals surface area contributed by atoms with Gasteiger partial charge in [0.05, 0.1) is 21.3 Å². The minimum Gasteiger partial charge on any atom is -0.477 e. The van der Waals surface area contributed by atoms with E-state index >= 15 is 0 Å².